The smallest absolute Gasteiger partial charge is 0.210 e. The van der Waals surface area contributed by atoms with Gasteiger partial charge in [-0.05, 0) is 49.8 Å². The van der Waals surface area contributed by atoms with Gasteiger partial charge in [-0.3, -0.25) is 0 Å². The Morgan fingerprint density at radius 3 is 2.57 bits per heavy atom. The van der Waals surface area contributed by atoms with E-state index in [0.717, 1.165) is 12.8 Å². The van der Waals surface area contributed by atoms with Crippen LogP contribution in [0.3, 0.4) is 0 Å². The molecule has 0 aromatic heterocycles. The number of thioether (sulfide) groups is 1. The Morgan fingerprint density at radius 2 is 2.05 bits per heavy atom. The maximum atomic E-state index is 12.4. The van der Waals surface area contributed by atoms with Crippen molar-refractivity contribution < 1.29 is 8.42 Å². The average Bonchev–Trinajstić information content (AvgIpc) is 2.95. The molecule has 0 bridgehead atoms. The van der Waals surface area contributed by atoms with Crippen LogP contribution in [0.4, 0.5) is 0 Å². The summed E-state index contributed by atoms with van der Waals surface area (Å²) in [6.45, 7) is 2.22. The molecular formula is C15H20N2O2S2. The molecule has 21 heavy (non-hydrogen) atoms. The number of aryl methyl sites for hydroxylation is 1. The summed E-state index contributed by atoms with van der Waals surface area (Å²) in [6, 6.07) is 6.66. The van der Waals surface area contributed by atoms with E-state index in [1.165, 1.54) is 18.9 Å². The molecule has 1 saturated carbocycles. The van der Waals surface area contributed by atoms with Gasteiger partial charge in [0.15, 0.2) is 0 Å². The van der Waals surface area contributed by atoms with Gasteiger partial charge in [0, 0.05) is 11.3 Å². The zero-order valence-electron chi connectivity index (χ0n) is 12.3. The minimum absolute atomic E-state index is 0.0364. The number of nitriles is 1. The highest BCUT2D eigenvalue weighted by Gasteiger charge is 2.34. The van der Waals surface area contributed by atoms with E-state index < -0.39 is 10.0 Å². The molecule has 0 spiro atoms. The molecule has 0 heterocycles. The van der Waals surface area contributed by atoms with Crippen LogP contribution in [0.1, 0.15) is 36.8 Å². The van der Waals surface area contributed by atoms with E-state index in [-0.39, 0.29) is 9.64 Å². The van der Waals surface area contributed by atoms with E-state index in [9.17, 15) is 8.42 Å². The van der Waals surface area contributed by atoms with Crippen LogP contribution in [0, 0.1) is 18.3 Å². The highest BCUT2D eigenvalue weighted by molar-refractivity contribution is 8.00. The van der Waals surface area contributed by atoms with Crippen LogP contribution in [0.25, 0.3) is 0 Å². The number of sulfonamides is 1. The fourth-order valence-electron chi connectivity index (χ4n) is 2.71. The first-order valence-corrected chi connectivity index (χ1v) is 9.69. The Balaban J connectivity index is 2.15. The largest absolute Gasteiger partial charge is 0.240 e. The molecule has 1 aliphatic rings. The second kappa shape index (κ2) is 6.39. The Labute approximate surface area is 131 Å². The van der Waals surface area contributed by atoms with Gasteiger partial charge < -0.3 is 0 Å². The number of benzene rings is 1. The topological polar surface area (TPSA) is 70.0 Å². The van der Waals surface area contributed by atoms with Crippen LogP contribution in [-0.4, -0.2) is 26.0 Å². The van der Waals surface area contributed by atoms with Crippen molar-refractivity contribution in [3.05, 3.63) is 29.3 Å². The predicted octanol–water partition coefficient (Wildman–Crippen LogP) is 2.82. The Bertz CT molecular complexity index is 657. The normalized spacial score (nSPS) is 17.6. The van der Waals surface area contributed by atoms with E-state index in [2.05, 4.69) is 4.72 Å². The monoisotopic (exact) mass is 324 g/mol. The second-order valence-corrected chi connectivity index (χ2v) is 8.55. The van der Waals surface area contributed by atoms with Gasteiger partial charge in [0.1, 0.15) is 0 Å². The fourth-order valence-corrected chi connectivity index (χ4v) is 4.93. The molecule has 114 valence electrons. The van der Waals surface area contributed by atoms with Crippen LogP contribution < -0.4 is 4.72 Å². The van der Waals surface area contributed by atoms with Crippen molar-refractivity contribution >= 4 is 21.8 Å². The number of hydrogen-bond acceptors (Lipinski definition) is 4. The summed E-state index contributed by atoms with van der Waals surface area (Å²) in [7, 11) is -3.52. The van der Waals surface area contributed by atoms with Crippen LogP contribution in [0.2, 0.25) is 0 Å². The first-order chi connectivity index (χ1) is 9.92. The summed E-state index contributed by atoms with van der Waals surface area (Å²) in [5.41, 5.74) is 1.19. The minimum atomic E-state index is -3.52. The van der Waals surface area contributed by atoms with Gasteiger partial charge in [-0.2, -0.15) is 17.0 Å². The van der Waals surface area contributed by atoms with E-state index in [0.29, 0.717) is 17.7 Å². The predicted molar refractivity (Wildman–Crippen MR) is 85.8 cm³/mol. The SMILES string of the molecule is CSC1(CNS(=O)(=O)c2ccc(C#N)c(C)c2)CCCC1. The van der Waals surface area contributed by atoms with Crippen molar-refractivity contribution in [2.45, 2.75) is 42.2 Å². The van der Waals surface area contributed by atoms with Crippen LogP contribution in [0.5, 0.6) is 0 Å². The summed E-state index contributed by atoms with van der Waals surface area (Å²) >= 11 is 1.75. The van der Waals surface area contributed by atoms with Crippen LogP contribution in [-0.2, 0) is 10.0 Å². The molecule has 1 aromatic carbocycles. The molecule has 0 aliphatic heterocycles. The molecule has 0 amide bonds. The van der Waals surface area contributed by atoms with Crippen LogP contribution >= 0.6 is 11.8 Å². The first kappa shape index (κ1) is 16.3. The third-order valence-electron chi connectivity index (χ3n) is 4.16. The number of nitrogens with one attached hydrogen (secondary N) is 1. The van der Waals surface area contributed by atoms with Crippen molar-refractivity contribution in [2.24, 2.45) is 0 Å². The lowest BCUT2D eigenvalue weighted by Crippen LogP contribution is -2.38. The van der Waals surface area contributed by atoms with Crippen molar-refractivity contribution in [3.8, 4) is 6.07 Å². The third kappa shape index (κ3) is 3.60. The second-order valence-electron chi connectivity index (χ2n) is 5.51. The van der Waals surface area contributed by atoms with E-state index in [4.69, 9.17) is 5.26 Å². The minimum Gasteiger partial charge on any atom is -0.210 e. The molecule has 0 saturated heterocycles. The highest BCUT2D eigenvalue weighted by atomic mass is 32.2. The van der Waals surface area contributed by atoms with Crippen molar-refractivity contribution in [1.82, 2.24) is 4.72 Å². The lowest BCUT2D eigenvalue weighted by atomic mass is 10.1. The molecule has 0 unspecified atom stereocenters. The Morgan fingerprint density at radius 1 is 1.38 bits per heavy atom. The number of hydrogen-bond donors (Lipinski definition) is 1. The molecule has 2 rings (SSSR count). The number of nitrogens with zero attached hydrogens (tertiary/aromatic N) is 1. The van der Waals surface area contributed by atoms with Gasteiger partial charge in [0.05, 0.1) is 16.5 Å². The summed E-state index contributed by atoms with van der Waals surface area (Å²) in [4.78, 5) is 0.230. The van der Waals surface area contributed by atoms with Crippen molar-refractivity contribution in [1.29, 1.82) is 5.26 Å². The Hall–Kier alpha value is -1.03. The third-order valence-corrected chi connectivity index (χ3v) is 6.98. The van der Waals surface area contributed by atoms with Gasteiger partial charge in [-0.25, -0.2) is 13.1 Å². The average molecular weight is 324 g/mol. The summed E-state index contributed by atoms with van der Waals surface area (Å²) in [6.07, 6.45) is 6.49. The summed E-state index contributed by atoms with van der Waals surface area (Å²) in [5, 5.41) is 8.91. The molecule has 1 N–H and O–H groups in total. The molecule has 4 nitrogen and oxygen atoms in total. The molecule has 0 atom stereocenters. The highest BCUT2D eigenvalue weighted by Crippen LogP contribution is 2.39. The maximum absolute atomic E-state index is 12.4. The van der Waals surface area contributed by atoms with Gasteiger partial charge in [0.25, 0.3) is 0 Å². The standard InChI is InChI=1S/C15H20N2O2S2/c1-12-9-14(6-5-13(12)10-16)21(18,19)17-11-15(20-2)7-3-4-8-15/h5-6,9,17H,3-4,7-8,11H2,1-2H3. The molecule has 0 radical (unpaired) electrons. The zero-order valence-corrected chi connectivity index (χ0v) is 14.0. The first-order valence-electron chi connectivity index (χ1n) is 6.98. The molecular weight excluding hydrogens is 304 g/mol. The van der Waals surface area contributed by atoms with Gasteiger partial charge in [-0.15, -0.1) is 0 Å². The molecule has 1 aromatic rings. The quantitative estimate of drug-likeness (QED) is 0.904. The van der Waals surface area contributed by atoms with Gasteiger partial charge in [-0.1, -0.05) is 12.8 Å². The van der Waals surface area contributed by atoms with Crippen LogP contribution in [0.15, 0.2) is 23.1 Å². The maximum Gasteiger partial charge on any atom is 0.240 e. The lowest BCUT2D eigenvalue weighted by molar-refractivity contribution is 0.551. The number of rotatable bonds is 5. The molecule has 6 heteroatoms. The van der Waals surface area contributed by atoms with Gasteiger partial charge >= 0.3 is 0 Å². The van der Waals surface area contributed by atoms with E-state index in [1.807, 2.05) is 12.3 Å². The van der Waals surface area contributed by atoms with E-state index >= 15 is 0 Å². The van der Waals surface area contributed by atoms with Gasteiger partial charge in [0.2, 0.25) is 10.0 Å². The van der Waals surface area contributed by atoms with Crippen molar-refractivity contribution in [3.63, 3.8) is 0 Å². The summed E-state index contributed by atoms with van der Waals surface area (Å²) < 4.78 is 27.6. The molecule has 1 aliphatic carbocycles. The zero-order chi connectivity index (χ0) is 15.5. The fraction of sp³-hybridized carbons (Fsp3) is 0.533. The van der Waals surface area contributed by atoms with E-state index in [1.54, 1.807) is 30.8 Å². The van der Waals surface area contributed by atoms with Crippen molar-refractivity contribution in [2.75, 3.05) is 12.8 Å². The summed E-state index contributed by atoms with van der Waals surface area (Å²) in [5.74, 6) is 0. The Kier molecular flexibility index (Phi) is 4.97. The molecule has 1 fully saturated rings. The lowest BCUT2D eigenvalue weighted by Gasteiger charge is -2.26.